The molecule has 0 aliphatic rings. The highest BCUT2D eigenvalue weighted by Crippen LogP contribution is 2.44. The van der Waals surface area contributed by atoms with Gasteiger partial charge >= 0.3 is 0 Å². The number of fused-ring (bicyclic) bond motifs is 4. The Kier molecular flexibility index (Phi) is 24.6. The van der Waals surface area contributed by atoms with Gasteiger partial charge in [0.05, 0.1) is 44.8 Å². The smallest absolute Gasteiger partial charge is 0.0780 e. The van der Waals surface area contributed by atoms with Crippen molar-refractivity contribution >= 4 is 43.6 Å². The van der Waals surface area contributed by atoms with Gasteiger partial charge in [-0.15, -0.1) is 0 Å². The Morgan fingerprint density at radius 3 is 0.718 bits per heavy atom. The average molecular weight is 1810 g/mol. The van der Waals surface area contributed by atoms with Crippen LogP contribution in [0.1, 0.15) is 0 Å². The molecule has 7 heterocycles. The minimum absolute atomic E-state index is 0.893. The van der Waals surface area contributed by atoms with Gasteiger partial charge in [-0.05, 0) is 266 Å². The lowest BCUT2D eigenvalue weighted by Gasteiger charge is -2.14. The van der Waals surface area contributed by atoms with Crippen molar-refractivity contribution < 1.29 is 0 Å². The lowest BCUT2D eigenvalue weighted by molar-refractivity contribution is 1.28. The maximum atomic E-state index is 5.26. The molecule has 0 radical (unpaired) electrons. The van der Waals surface area contributed by atoms with E-state index in [0.29, 0.717) is 0 Å². The first-order valence-electron chi connectivity index (χ1n) is 48.0. The number of para-hydroxylation sites is 1. The van der Waals surface area contributed by atoms with Crippen molar-refractivity contribution in [2.45, 2.75) is 0 Å². The van der Waals surface area contributed by atoms with E-state index in [4.69, 9.17) is 24.9 Å². The van der Waals surface area contributed by atoms with Gasteiger partial charge in [-0.3, -0.25) is 19.9 Å². The monoisotopic (exact) mass is 1810 g/mol. The molecule has 0 fully saturated rings. The van der Waals surface area contributed by atoms with Crippen LogP contribution in [0.2, 0.25) is 0 Å². The highest BCUT2D eigenvalue weighted by atomic mass is 14.7. The molecule has 18 aromatic carbocycles. The normalized spacial score (nSPS) is 11.1. The molecule has 0 aliphatic heterocycles. The van der Waals surface area contributed by atoms with Crippen molar-refractivity contribution in [3.05, 3.63) is 553 Å². The third-order valence-electron chi connectivity index (χ3n) is 26.5. The minimum Gasteiger partial charge on any atom is -0.264 e. The van der Waals surface area contributed by atoms with Crippen LogP contribution in [0.3, 0.4) is 0 Å². The summed E-state index contributed by atoms with van der Waals surface area (Å²) in [6, 6.07) is 182. The fraction of sp³-hybridized carbons (Fsp3) is 0. The van der Waals surface area contributed by atoms with Gasteiger partial charge in [0, 0.05) is 92.1 Å². The van der Waals surface area contributed by atoms with Crippen LogP contribution in [-0.4, -0.2) is 34.9 Å². The summed E-state index contributed by atoms with van der Waals surface area (Å²) in [4.78, 5) is 33.8. The first-order valence-corrected chi connectivity index (χ1v) is 48.0. The Labute approximate surface area is 826 Å². The summed E-state index contributed by atoms with van der Waals surface area (Å²) in [6.07, 6.45) is 11.2. The molecule has 7 aromatic heterocycles. The van der Waals surface area contributed by atoms with Crippen LogP contribution in [0.25, 0.3) is 244 Å². The second kappa shape index (κ2) is 40.2. The van der Waals surface area contributed by atoms with E-state index in [9.17, 15) is 0 Å². The van der Waals surface area contributed by atoms with Crippen LogP contribution in [-0.2, 0) is 0 Å². The summed E-state index contributed by atoms with van der Waals surface area (Å²) in [5.41, 5.74) is 44.4. The van der Waals surface area contributed by atoms with E-state index in [-0.39, 0.29) is 0 Å². The lowest BCUT2D eigenvalue weighted by Crippen LogP contribution is -1.93. The molecular weight excluding hydrogens is 1720 g/mol. The number of benzene rings is 18. The number of hydrogen-bond acceptors (Lipinski definition) is 7. The van der Waals surface area contributed by atoms with Crippen molar-refractivity contribution in [3.8, 4) is 201 Å². The van der Waals surface area contributed by atoms with Gasteiger partial charge in [-0.1, -0.05) is 394 Å². The Morgan fingerprint density at radius 2 is 0.380 bits per heavy atom. The van der Waals surface area contributed by atoms with E-state index < -0.39 is 0 Å². The molecule has 666 valence electrons. The molecule has 0 aliphatic carbocycles. The first kappa shape index (κ1) is 87.1. The number of pyridine rings is 7. The van der Waals surface area contributed by atoms with Crippen LogP contribution in [0.5, 0.6) is 0 Å². The van der Waals surface area contributed by atoms with E-state index in [1.165, 1.54) is 83.5 Å². The molecule has 0 amide bonds. The number of rotatable bonds is 18. The largest absolute Gasteiger partial charge is 0.264 e. The topological polar surface area (TPSA) is 90.2 Å². The molecule has 0 saturated heterocycles. The molecule has 7 nitrogen and oxygen atoms in total. The van der Waals surface area contributed by atoms with E-state index >= 15 is 0 Å². The SMILES string of the molecule is c1ccc(-c2cccc(-c3ccc4nc(-c5cccc(-c6ccccc6)c5)cc(-c5ccc(-c6cccc7cccnc67)cc5)c4c3)c2)cc1.c1ccc(-c2cccc(-c3ccc4nc(-c5cccc(-c6ccccc6)c5)cc(-c5ccc(-c6cccnc6)cc5)c4c3)c2)cc1.c1ccc(-c2cccc(-c3ccc4nc(-c5cccc(-c6ccccc6)c5)cc(-c5ccc(-c6cccnc6)nc5)c4c3)c2)cc1. The zero-order valence-corrected chi connectivity index (χ0v) is 77.7. The molecular formula is C135H91N7. The zero-order chi connectivity index (χ0) is 94.7. The molecule has 7 heteroatoms. The summed E-state index contributed by atoms with van der Waals surface area (Å²) in [5.74, 6) is 0. The lowest BCUT2D eigenvalue weighted by atomic mass is 9.93. The standard InChI is InChI=1S/C48H32N2.C44H30N2.C43H29N3/c1-3-11-33(12-4-1)38-16-7-18-40(29-38)41-26-27-46-45(31-41)44(32-47(50-46)42-19-8-17-39(30-42)34-13-5-2-6-14-34)36-24-22-35(23-25-36)43-21-9-15-37-20-10-28-49-48(37)43;1-3-10-31(11-4-1)35-14-7-16-37(26-35)38-23-24-43-42(28-38)41(34-21-19-33(20-22-34)40-18-9-25-45-30-40)29-44(46-43)39-17-8-15-36(27-39)32-12-5-2-6-13-32;1-3-10-30(11-4-1)32-14-7-16-34(24-32)35-19-22-42-40(26-35)39(37-20-21-41(45-29-37)38-18-9-23-44-28-38)27-43(46-42)36-17-8-15-33(25-36)31-12-5-2-6-13-31/h1-32H;1-30H;1-29H. The highest BCUT2D eigenvalue weighted by Gasteiger charge is 2.20. The summed E-state index contributed by atoms with van der Waals surface area (Å²) in [7, 11) is 0. The quantitative estimate of drug-likeness (QED) is 0.0845. The van der Waals surface area contributed by atoms with Crippen molar-refractivity contribution in [2.24, 2.45) is 0 Å². The van der Waals surface area contributed by atoms with Crippen molar-refractivity contribution in [1.29, 1.82) is 0 Å². The van der Waals surface area contributed by atoms with Gasteiger partial charge in [0.1, 0.15) is 0 Å². The predicted octanol–water partition coefficient (Wildman–Crippen LogP) is 35.4. The Balaban J connectivity index is 0.000000119. The third kappa shape index (κ3) is 19.0. The van der Waals surface area contributed by atoms with E-state index in [0.717, 1.165) is 161 Å². The Bertz CT molecular complexity index is 8480. The Morgan fingerprint density at radius 1 is 0.127 bits per heavy atom. The fourth-order valence-electron chi connectivity index (χ4n) is 19.1. The van der Waals surface area contributed by atoms with Crippen LogP contribution in [0.4, 0.5) is 0 Å². The summed E-state index contributed by atoms with van der Waals surface area (Å²) < 4.78 is 0. The van der Waals surface area contributed by atoms with Crippen LogP contribution in [0, 0.1) is 0 Å². The highest BCUT2D eigenvalue weighted by molar-refractivity contribution is 6.04. The van der Waals surface area contributed by atoms with Crippen molar-refractivity contribution in [2.75, 3.05) is 0 Å². The molecule has 25 aromatic rings. The van der Waals surface area contributed by atoms with Crippen molar-refractivity contribution in [3.63, 3.8) is 0 Å². The fourth-order valence-corrected chi connectivity index (χ4v) is 19.1. The maximum absolute atomic E-state index is 5.26. The molecule has 0 bridgehead atoms. The van der Waals surface area contributed by atoms with Gasteiger partial charge in [0.2, 0.25) is 0 Å². The predicted molar refractivity (Wildman–Crippen MR) is 592 cm³/mol. The molecule has 0 atom stereocenters. The second-order valence-electron chi connectivity index (χ2n) is 35.5. The van der Waals surface area contributed by atoms with Crippen LogP contribution in [0.15, 0.2) is 553 Å². The number of aromatic nitrogens is 7. The Hall–Kier alpha value is -19.0. The van der Waals surface area contributed by atoms with E-state index in [1.807, 2.05) is 61.3 Å². The van der Waals surface area contributed by atoms with Crippen LogP contribution < -0.4 is 0 Å². The van der Waals surface area contributed by atoms with E-state index in [1.54, 1.807) is 6.20 Å². The minimum atomic E-state index is 0.893. The molecule has 0 saturated carbocycles. The van der Waals surface area contributed by atoms with Gasteiger partial charge in [0.15, 0.2) is 0 Å². The first-order chi connectivity index (χ1) is 70.3. The van der Waals surface area contributed by atoms with Crippen LogP contribution >= 0.6 is 0 Å². The molecule has 25 rings (SSSR count). The summed E-state index contributed by atoms with van der Waals surface area (Å²) in [5, 5.41) is 4.47. The van der Waals surface area contributed by atoms with Gasteiger partial charge in [-0.2, -0.15) is 0 Å². The average Bonchev–Trinajstić information content (AvgIpc) is 0.770. The number of hydrogen-bond donors (Lipinski definition) is 0. The second-order valence-corrected chi connectivity index (χ2v) is 35.5. The molecule has 0 spiro atoms. The molecule has 0 unspecified atom stereocenters. The van der Waals surface area contributed by atoms with Gasteiger partial charge in [-0.25, -0.2) is 15.0 Å². The molecule has 142 heavy (non-hydrogen) atoms. The summed E-state index contributed by atoms with van der Waals surface area (Å²) in [6.45, 7) is 0. The van der Waals surface area contributed by atoms with Crippen molar-refractivity contribution in [1.82, 2.24) is 34.9 Å². The zero-order valence-electron chi connectivity index (χ0n) is 77.7. The number of nitrogens with zero attached hydrogens (tertiary/aromatic N) is 7. The molecule has 0 N–H and O–H groups in total. The van der Waals surface area contributed by atoms with Gasteiger partial charge < -0.3 is 0 Å². The maximum Gasteiger partial charge on any atom is 0.0780 e. The third-order valence-corrected chi connectivity index (χ3v) is 26.5. The van der Waals surface area contributed by atoms with Gasteiger partial charge in [0.25, 0.3) is 0 Å². The summed E-state index contributed by atoms with van der Waals surface area (Å²) >= 11 is 0. The van der Waals surface area contributed by atoms with E-state index in [2.05, 4.69) is 495 Å².